The maximum absolute atomic E-state index is 11.8. The second-order valence-electron chi connectivity index (χ2n) is 4.59. The molecule has 0 fully saturated rings. The Bertz CT molecular complexity index is 292. The number of carbonyl (C=O) groups is 2. The minimum atomic E-state index is -0.719. The normalized spacial score (nSPS) is 11.5. The molecule has 0 aromatic heterocycles. The van der Waals surface area contributed by atoms with Crippen molar-refractivity contribution in [3.63, 3.8) is 0 Å². The quantitative estimate of drug-likeness (QED) is 0.360. The van der Waals surface area contributed by atoms with E-state index < -0.39 is 18.1 Å². The number of esters is 1. The van der Waals surface area contributed by atoms with Crippen LogP contribution in [0.2, 0.25) is 0 Å². The highest BCUT2D eigenvalue weighted by Crippen LogP contribution is 2.02. The maximum Gasteiger partial charge on any atom is 0.407 e. The lowest BCUT2D eigenvalue weighted by Gasteiger charge is -2.16. The van der Waals surface area contributed by atoms with Crippen LogP contribution in [-0.4, -0.2) is 31.3 Å². The summed E-state index contributed by atoms with van der Waals surface area (Å²) >= 11 is 0. The van der Waals surface area contributed by atoms with E-state index in [-0.39, 0.29) is 0 Å². The number of rotatable bonds is 11. The number of alkyl carbamates (subject to hydrolysis) is 1. The summed E-state index contributed by atoms with van der Waals surface area (Å²) in [5, 5.41) is 2.50. The molecular formula is C15H27NO4. The first-order valence-electron chi connectivity index (χ1n) is 7.36. The SMILES string of the molecule is C=CCC(NC(=O)OCCC)C(=O)OCCCCCC. The van der Waals surface area contributed by atoms with E-state index in [1.165, 1.54) is 0 Å². The van der Waals surface area contributed by atoms with E-state index in [4.69, 9.17) is 9.47 Å². The number of nitrogens with one attached hydrogen (secondary N) is 1. The van der Waals surface area contributed by atoms with Gasteiger partial charge >= 0.3 is 12.1 Å². The molecule has 5 heteroatoms. The van der Waals surface area contributed by atoms with E-state index in [9.17, 15) is 9.59 Å². The second-order valence-corrected chi connectivity index (χ2v) is 4.59. The number of hydrogen-bond donors (Lipinski definition) is 1. The molecule has 116 valence electrons. The first kappa shape index (κ1) is 18.5. The third-order valence-electron chi connectivity index (χ3n) is 2.66. The Morgan fingerprint density at radius 3 is 2.45 bits per heavy atom. The van der Waals surface area contributed by atoms with Crippen molar-refractivity contribution in [3.05, 3.63) is 12.7 Å². The van der Waals surface area contributed by atoms with Crippen molar-refractivity contribution in [2.24, 2.45) is 0 Å². The van der Waals surface area contributed by atoms with Crippen molar-refractivity contribution in [2.75, 3.05) is 13.2 Å². The molecule has 0 spiro atoms. The van der Waals surface area contributed by atoms with Gasteiger partial charge in [0.25, 0.3) is 0 Å². The Balaban J connectivity index is 4.05. The Labute approximate surface area is 121 Å². The van der Waals surface area contributed by atoms with E-state index in [1.807, 2.05) is 6.92 Å². The van der Waals surface area contributed by atoms with Gasteiger partial charge in [0.2, 0.25) is 0 Å². The average Bonchev–Trinajstić information content (AvgIpc) is 2.44. The molecule has 0 aromatic carbocycles. The molecule has 0 saturated carbocycles. The van der Waals surface area contributed by atoms with Gasteiger partial charge in [-0.25, -0.2) is 9.59 Å². The standard InChI is InChI=1S/C15H27NO4/c1-4-7-8-9-12-19-14(17)13(10-5-2)16-15(18)20-11-6-3/h5,13H,2,4,6-12H2,1,3H3,(H,16,18). The average molecular weight is 285 g/mol. The zero-order valence-electron chi connectivity index (χ0n) is 12.7. The van der Waals surface area contributed by atoms with Crippen LogP contribution in [0.4, 0.5) is 4.79 Å². The molecule has 0 aliphatic rings. The summed E-state index contributed by atoms with van der Waals surface area (Å²) in [5.74, 6) is -0.435. The highest BCUT2D eigenvalue weighted by atomic mass is 16.6. The molecule has 0 rings (SSSR count). The summed E-state index contributed by atoms with van der Waals surface area (Å²) in [7, 11) is 0. The van der Waals surface area contributed by atoms with Gasteiger partial charge in [-0.15, -0.1) is 6.58 Å². The second kappa shape index (κ2) is 12.5. The van der Waals surface area contributed by atoms with Crippen molar-refractivity contribution in [1.82, 2.24) is 5.32 Å². The third kappa shape index (κ3) is 9.42. The summed E-state index contributed by atoms with van der Waals surface area (Å²) < 4.78 is 10.0. The molecular weight excluding hydrogens is 258 g/mol. The monoisotopic (exact) mass is 285 g/mol. The van der Waals surface area contributed by atoms with Gasteiger partial charge in [-0.1, -0.05) is 39.2 Å². The highest BCUT2D eigenvalue weighted by molar-refractivity contribution is 5.81. The molecule has 1 N–H and O–H groups in total. The van der Waals surface area contributed by atoms with Crippen molar-refractivity contribution in [2.45, 2.75) is 58.4 Å². The van der Waals surface area contributed by atoms with Gasteiger partial charge < -0.3 is 14.8 Å². The Kier molecular flexibility index (Phi) is 11.6. The fourth-order valence-electron chi connectivity index (χ4n) is 1.56. The van der Waals surface area contributed by atoms with E-state index in [0.29, 0.717) is 19.6 Å². The molecule has 0 bridgehead atoms. The lowest BCUT2D eigenvalue weighted by Crippen LogP contribution is -2.42. The zero-order valence-corrected chi connectivity index (χ0v) is 12.7. The summed E-state index contributed by atoms with van der Waals surface area (Å²) in [5.41, 5.74) is 0. The third-order valence-corrected chi connectivity index (χ3v) is 2.66. The molecule has 1 amide bonds. The number of ether oxygens (including phenoxy) is 2. The van der Waals surface area contributed by atoms with Crippen LogP contribution in [0.25, 0.3) is 0 Å². The van der Waals surface area contributed by atoms with Crippen LogP contribution >= 0.6 is 0 Å². The molecule has 0 aromatic rings. The van der Waals surface area contributed by atoms with E-state index in [0.717, 1.165) is 32.1 Å². The van der Waals surface area contributed by atoms with Gasteiger partial charge in [-0.2, -0.15) is 0 Å². The highest BCUT2D eigenvalue weighted by Gasteiger charge is 2.21. The fraction of sp³-hybridized carbons (Fsp3) is 0.733. The fourth-order valence-corrected chi connectivity index (χ4v) is 1.56. The minimum absolute atomic E-state index is 0.328. The molecule has 0 aliphatic carbocycles. The summed E-state index contributed by atoms with van der Waals surface area (Å²) in [4.78, 5) is 23.3. The van der Waals surface area contributed by atoms with Gasteiger partial charge in [-0.3, -0.25) is 0 Å². The maximum atomic E-state index is 11.8. The van der Waals surface area contributed by atoms with Crippen molar-refractivity contribution < 1.29 is 19.1 Å². The molecule has 1 unspecified atom stereocenters. The summed E-state index contributed by atoms with van der Waals surface area (Å²) in [6, 6.07) is -0.719. The molecule has 0 aliphatic heterocycles. The first-order chi connectivity index (χ1) is 9.65. The predicted octanol–water partition coefficient (Wildman–Crippen LogP) is 3.19. The van der Waals surface area contributed by atoms with Gasteiger partial charge in [0.1, 0.15) is 6.04 Å². The topological polar surface area (TPSA) is 64.6 Å². The Hall–Kier alpha value is -1.52. The number of amides is 1. The van der Waals surface area contributed by atoms with Crippen LogP contribution in [0, 0.1) is 0 Å². The molecule has 1 atom stereocenters. The number of unbranched alkanes of at least 4 members (excludes halogenated alkanes) is 3. The van der Waals surface area contributed by atoms with Crippen LogP contribution in [0.15, 0.2) is 12.7 Å². The molecule has 0 heterocycles. The minimum Gasteiger partial charge on any atom is -0.464 e. The zero-order chi connectivity index (χ0) is 15.2. The van der Waals surface area contributed by atoms with Crippen LogP contribution in [0.3, 0.4) is 0 Å². The Morgan fingerprint density at radius 2 is 1.85 bits per heavy atom. The van der Waals surface area contributed by atoms with Crippen molar-refractivity contribution in [1.29, 1.82) is 0 Å². The number of hydrogen-bond acceptors (Lipinski definition) is 4. The Morgan fingerprint density at radius 1 is 1.10 bits per heavy atom. The van der Waals surface area contributed by atoms with Gasteiger partial charge in [0.05, 0.1) is 13.2 Å². The van der Waals surface area contributed by atoms with Crippen molar-refractivity contribution in [3.8, 4) is 0 Å². The van der Waals surface area contributed by atoms with E-state index >= 15 is 0 Å². The van der Waals surface area contributed by atoms with Crippen LogP contribution < -0.4 is 5.32 Å². The molecule has 5 nitrogen and oxygen atoms in total. The smallest absolute Gasteiger partial charge is 0.407 e. The van der Waals surface area contributed by atoms with Gasteiger partial charge in [0, 0.05) is 0 Å². The van der Waals surface area contributed by atoms with Crippen LogP contribution in [-0.2, 0) is 14.3 Å². The molecule has 0 saturated heterocycles. The number of carbonyl (C=O) groups excluding carboxylic acids is 2. The summed E-state index contributed by atoms with van der Waals surface area (Å²) in [6.45, 7) is 8.32. The van der Waals surface area contributed by atoms with Crippen LogP contribution in [0.5, 0.6) is 0 Å². The van der Waals surface area contributed by atoms with Crippen LogP contribution in [0.1, 0.15) is 52.4 Å². The first-order valence-corrected chi connectivity index (χ1v) is 7.36. The van der Waals surface area contributed by atoms with Gasteiger partial charge in [-0.05, 0) is 19.3 Å². The predicted molar refractivity (Wildman–Crippen MR) is 78.5 cm³/mol. The van der Waals surface area contributed by atoms with E-state index in [1.54, 1.807) is 6.08 Å². The molecule has 0 radical (unpaired) electrons. The lowest BCUT2D eigenvalue weighted by atomic mass is 10.2. The largest absolute Gasteiger partial charge is 0.464 e. The lowest BCUT2D eigenvalue weighted by molar-refractivity contribution is -0.146. The van der Waals surface area contributed by atoms with Crippen molar-refractivity contribution >= 4 is 12.1 Å². The van der Waals surface area contributed by atoms with Gasteiger partial charge in [0.15, 0.2) is 0 Å². The molecule has 20 heavy (non-hydrogen) atoms. The summed E-state index contributed by atoms with van der Waals surface area (Å²) in [6.07, 6.45) is 6.21. The van der Waals surface area contributed by atoms with E-state index in [2.05, 4.69) is 18.8 Å².